The second-order valence-electron chi connectivity index (χ2n) is 5.75. The summed E-state index contributed by atoms with van der Waals surface area (Å²) < 4.78 is 5.16. The van der Waals surface area contributed by atoms with E-state index in [4.69, 9.17) is 4.74 Å². The smallest absolute Gasteiger partial charge is 0.428 e. The lowest BCUT2D eigenvalue weighted by molar-refractivity contribution is 0.0402. The van der Waals surface area contributed by atoms with E-state index in [1.54, 1.807) is 6.08 Å². The molecule has 130 valence electrons. The van der Waals surface area contributed by atoms with Crippen molar-refractivity contribution in [1.82, 2.24) is 10.0 Å². The van der Waals surface area contributed by atoms with Gasteiger partial charge in [0.1, 0.15) is 0 Å². The minimum absolute atomic E-state index is 0.262. The molecule has 6 nitrogen and oxygen atoms in total. The van der Waals surface area contributed by atoms with Crippen LogP contribution in [0.4, 0.5) is 15.3 Å². The summed E-state index contributed by atoms with van der Waals surface area (Å²) in [5.74, 6) is 0. The Hall–Kier alpha value is -3.02. The van der Waals surface area contributed by atoms with Gasteiger partial charge in [0.15, 0.2) is 0 Å². The second-order valence-corrected chi connectivity index (χ2v) is 5.75. The normalized spacial score (nSPS) is 13.8. The molecular formula is C19H21N3O3. The molecule has 1 saturated heterocycles. The minimum atomic E-state index is -0.507. The Kier molecular flexibility index (Phi) is 5.18. The van der Waals surface area contributed by atoms with Gasteiger partial charge in [-0.3, -0.25) is 0 Å². The van der Waals surface area contributed by atoms with Crippen molar-refractivity contribution in [3.05, 3.63) is 55.1 Å². The first-order chi connectivity index (χ1) is 12.2. The fourth-order valence-electron chi connectivity index (χ4n) is 2.83. The molecule has 3 rings (SSSR count). The number of hydrazine groups is 1. The first kappa shape index (κ1) is 16.8. The summed E-state index contributed by atoms with van der Waals surface area (Å²) in [6, 6.07) is 13.2. The van der Waals surface area contributed by atoms with Crippen molar-refractivity contribution in [3.63, 3.8) is 0 Å². The van der Waals surface area contributed by atoms with E-state index >= 15 is 0 Å². The molecule has 3 amide bonds. The highest BCUT2D eigenvalue weighted by atomic mass is 16.6. The minimum Gasteiger partial charge on any atom is -0.448 e. The molecule has 0 unspecified atom stereocenters. The molecule has 1 aliphatic rings. The number of benzene rings is 2. The van der Waals surface area contributed by atoms with E-state index in [1.165, 1.54) is 10.0 Å². The highest BCUT2D eigenvalue weighted by molar-refractivity contribution is 6.01. The number of hydrogen-bond donors (Lipinski definition) is 1. The van der Waals surface area contributed by atoms with E-state index in [0.29, 0.717) is 19.5 Å². The SMILES string of the molecule is C=CCCOC(=O)N1CCCN1C(=O)Nc1cccc2ccccc12. The molecule has 25 heavy (non-hydrogen) atoms. The standard InChI is InChI=1S/C19H21N3O3/c1-2-3-14-25-19(24)22-13-7-12-21(22)18(23)20-17-11-6-9-15-8-4-5-10-16(15)17/h2,4-6,8-11H,1,3,7,12-14H2,(H,20,23). The molecule has 2 aromatic carbocycles. The maximum atomic E-state index is 12.7. The molecule has 0 radical (unpaired) electrons. The molecule has 2 aromatic rings. The highest BCUT2D eigenvalue weighted by Gasteiger charge is 2.31. The summed E-state index contributed by atoms with van der Waals surface area (Å²) in [7, 11) is 0. The summed E-state index contributed by atoms with van der Waals surface area (Å²) in [5, 5.41) is 7.65. The van der Waals surface area contributed by atoms with Gasteiger partial charge in [0.25, 0.3) is 0 Å². The van der Waals surface area contributed by atoms with Gasteiger partial charge in [-0.15, -0.1) is 6.58 Å². The fourth-order valence-corrected chi connectivity index (χ4v) is 2.83. The van der Waals surface area contributed by atoms with E-state index < -0.39 is 6.09 Å². The average molecular weight is 339 g/mol. The zero-order chi connectivity index (χ0) is 17.6. The van der Waals surface area contributed by atoms with Crippen molar-refractivity contribution in [2.45, 2.75) is 12.8 Å². The number of carbonyl (C=O) groups excluding carboxylic acids is 2. The van der Waals surface area contributed by atoms with Crippen LogP contribution in [0.5, 0.6) is 0 Å². The monoisotopic (exact) mass is 339 g/mol. The largest absolute Gasteiger partial charge is 0.448 e. The van der Waals surface area contributed by atoms with Gasteiger partial charge in [-0.1, -0.05) is 42.5 Å². The van der Waals surface area contributed by atoms with E-state index in [0.717, 1.165) is 22.9 Å². The number of ether oxygens (including phenoxy) is 1. The average Bonchev–Trinajstić information content (AvgIpc) is 3.12. The quantitative estimate of drug-likeness (QED) is 0.676. The maximum absolute atomic E-state index is 12.7. The highest BCUT2D eigenvalue weighted by Crippen LogP contribution is 2.24. The van der Waals surface area contributed by atoms with Gasteiger partial charge in [-0.25, -0.2) is 19.6 Å². The van der Waals surface area contributed by atoms with Gasteiger partial charge in [0.05, 0.1) is 12.3 Å². The summed E-state index contributed by atoms with van der Waals surface area (Å²) in [4.78, 5) is 24.8. The molecule has 1 heterocycles. The number of urea groups is 1. The van der Waals surface area contributed by atoms with Gasteiger partial charge in [0.2, 0.25) is 0 Å². The number of amides is 3. The summed E-state index contributed by atoms with van der Waals surface area (Å²) in [6.07, 6.45) is 2.48. The molecule has 1 N–H and O–H groups in total. The predicted molar refractivity (Wildman–Crippen MR) is 97.2 cm³/mol. The second kappa shape index (κ2) is 7.70. The molecule has 6 heteroatoms. The molecule has 0 aromatic heterocycles. The van der Waals surface area contributed by atoms with Crippen LogP contribution < -0.4 is 5.32 Å². The molecule has 0 aliphatic carbocycles. The van der Waals surface area contributed by atoms with Crippen molar-refractivity contribution < 1.29 is 14.3 Å². The van der Waals surface area contributed by atoms with Gasteiger partial charge < -0.3 is 10.1 Å². The number of rotatable bonds is 4. The Bertz CT molecular complexity index is 785. The van der Waals surface area contributed by atoms with Crippen molar-refractivity contribution in [2.75, 3.05) is 25.0 Å². The summed E-state index contributed by atoms with van der Waals surface area (Å²) in [5.41, 5.74) is 0.718. The predicted octanol–water partition coefficient (Wildman–Crippen LogP) is 4.01. The van der Waals surface area contributed by atoms with E-state index in [2.05, 4.69) is 11.9 Å². The summed E-state index contributed by atoms with van der Waals surface area (Å²) in [6.45, 7) is 4.80. The third-order valence-corrected chi connectivity index (χ3v) is 4.06. The zero-order valence-electron chi connectivity index (χ0n) is 14.0. The van der Waals surface area contributed by atoms with Crippen LogP contribution in [0.2, 0.25) is 0 Å². The molecule has 0 atom stereocenters. The Balaban J connectivity index is 1.71. The number of hydrogen-bond acceptors (Lipinski definition) is 3. The van der Waals surface area contributed by atoms with E-state index in [1.807, 2.05) is 42.5 Å². The van der Waals surface area contributed by atoms with Crippen molar-refractivity contribution >= 4 is 28.6 Å². The first-order valence-electron chi connectivity index (χ1n) is 8.32. The van der Waals surface area contributed by atoms with Crippen LogP contribution in [-0.4, -0.2) is 41.8 Å². The van der Waals surface area contributed by atoms with Gasteiger partial charge in [-0.05, 0) is 24.3 Å². The topological polar surface area (TPSA) is 61.9 Å². The first-order valence-corrected chi connectivity index (χ1v) is 8.32. The molecule has 0 saturated carbocycles. The van der Waals surface area contributed by atoms with Crippen LogP contribution in [0.1, 0.15) is 12.8 Å². The van der Waals surface area contributed by atoms with E-state index in [-0.39, 0.29) is 12.6 Å². The Morgan fingerprint density at radius 1 is 1.12 bits per heavy atom. The molecule has 1 fully saturated rings. The van der Waals surface area contributed by atoms with Crippen LogP contribution >= 0.6 is 0 Å². The van der Waals surface area contributed by atoms with Gasteiger partial charge >= 0.3 is 12.1 Å². The van der Waals surface area contributed by atoms with Gasteiger partial charge in [-0.2, -0.15) is 0 Å². The third kappa shape index (κ3) is 3.74. The summed E-state index contributed by atoms with van der Waals surface area (Å²) >= 11 is 0. The zero-order valence-corrected chi connectivity index (χ0v) is 14.0. The number of nitrogens with one attached hydrogen (secondary N) is 1. The lowest BCUT2D eigenvalue weighted by Gasteiger charge is -2.27. The fraction of sp³-hybridized carbons (Fsp3) is 0.263. The number of fused-ring (bicyclic) bond motifs is 1. The number of carbonyl (C=O) groups is 2. The van der Waals surface area contributed by atoms with Crippen LogP contribution in [0.15, 0.2) is 55.1 Å². The lowest BCUT2D eigenvalue weighted by atomic mass is 10.1. The maximum Gasteiger partial charge on any atom is 0.428 e. The molecule has 0 bridgehead atoms. The van der Waals surface area contributed by atoms with Crippen molar-refractivity contribution in [2.24, 2.45) is 0 Å². The molecular weight excluding hydrogens is 318 g/mol. The number of nitrogens with zero attached hydrogens (tertiary/aromatic N) is 2. The van der Waals surface area contributed by atoms with Crippen molar-refractivity contribution in [3.8, 4) is 0 Å². The van der Waals surface area contributed by atoms with E-state index in [9.17, 15) is 9.59 Å². The molecule has 1 aliphatic heterocycles. The number of anilines is 1. The Morgan fingerprint density at radius 3 is 2.72 bits per heavy atom. The lowest BCUT2D eigenvalue weighted by Crippen LogP contribution is -2.47. The van der Waals surface area contributed by atoms with Gasteiger partial charge in [0, 0.05) is 18.5 Å². The van der Waals surface area contributed by atoms with Crippen LogP contribution in [0.3, 0.4) is 0 Å². The van der Waals surface area contributed by atoms with Crippen LogP contribution in [-0.2, 0) is 4.74 Å². The van der Waals surface area contributed by atoms with Crippen LogP contribution in [0.25, 0.3) is 10.8 Å². The molecule has 0 spiro atoms. The van der Waals surface area contributed by atoms with Crippen LogP contribution in [0, 0.1) is 0 Å². The third-order valence-electron chi connectivity index (χ3n) is 4.06. The Morgan fingerprint density at radius 2 is 1.88 bits per heavy atom. The Labute approximate surface area is 146 Å². The van der Waals surface area contributed by atoms with Crippen molar-refractivity contribution in [1.29, 1.82) is 0 Å².